The molecule has 0 aliphatic heterocycles. The number of nitro groups is 1. The van der Waals surface area contributed by atoms with E-state index in [1.165, 1.54) is 10.9 Å². The smallest absolute Gasteiger partial charge is 0.358 e. The van der Waals surface area contributed by atoms with Gasteiger partial charge in [-0.1, -0.05) is 6.92 Å². The molecular weight excluding hydrogens is 292 g/mol. The highest BCUT2D eigenvalue weighted by atomic mass is 79.9. The predicted molar refractivity (Wildman–Crippen MR) is 64.5 cm³/mol. The second-order valence-corrected chi connectivity index (χ2v) is 4.49. The highest BCUT2D eigenvalue weighted by Gasteiger charge is 2.20. The van der Waals surface area contributed by atoms with Crippen molar-refractivity contribution in [2.45, 2.75) is 32.9 Å². The minimum atomic E-state index is -0.604. The van der Waals surface area contributed by atoms with Crippen molar-refractivity contribution >= 4 is 27.7 Å². The van der Waals surface area contributed by atoms with Crippen LogP contribution in [-0.2, 0) is 11.3 Å². The quantitative estimate of drug-likeness (QED) is 0.659. The van der Waals surface area contributed by atoms with Crippen molar-refractivity contribution < 1.29 is 9.72 Å². The van der Waals surface area contributed by atoms with E-state index in [0.717, 1.165) is 6.42 Å². The molecule has 7 nitrogen and oxygen atoms in total. The molecule has 1 aromatic rings. The fourth-order valence-corrected chi connectivity index (χ4v) is 1.62. The molecule has 0 aliphatic carbocycles. The molecule has 0 saturated carbocycles. The van der Waals surface area contributed by atoms with Crippen LogP contribution in [0, 0.1) is 10.1 Å². The van der Waals surface area contributed by atoms with Crippen LogP contribution < -0.4 is 5.32 Å². The average Bonchev–Trinajstić information content (AvgIpc) is 2.59. The van der Waals surface area contributed by atoms with E-state index >= 15 is 0 Å². The van der Waals surface area contributed by atoms with Gasteiger partial charge in [-0.05, 0) is 34.2 Å². The van der Waals surface area contributed by atoms with Crippen LogP contribution >= 0.6 is 15.9 Å². The van der Waals surface area contributed by atoms with Crippen molar-refractivity contribution in [1.82, 2.24) is 15.1 Å². The molecule has 8 heteroatoms. The average molecular weight is 305 g/mol. The maximum atomic E-state index is 11.5. The van der Waals surface area contributed by atoms with Gasteiger partial charge in [0.05, 0.1) is 11.3 Å². The summed E-state index contributed by atoms with van der Waals surface area (Å²) in [6.07, 6.45) is 2.24. The third-order valence-electron chi connectivity index (χ3n) is 2.20. The Bertz CT molecular complexity index is 432. The van der Waals surface area contributed by atoms with Gasteiger partial charge in [0, 0.05) is 6.04 Å². The van der Waals surface area contributed by atoms with E-state index in [1.807, 2.05) is 13.8 Å². The minimum absolute atomic E-state index is 0.0310. The van der Waals surface area contributed by atoms with Gasteiger partial charge in [0.2, 0.25) is 5.91 Å². The summed E-state index contributed by atoms with van der Waals surface area (Å²) in [5, 5.41) is 17.0. The second kappa shape index (κ2) is 5.76. The number of rotatable bonds is 5. The zero-order valence-electron chi connectivity index (χ0n) is 9.51. The molecule has 1 amide bonds. The summed E-state index contributed by atoms with van der Waals surface area (Å²) < 4.78 is 1.50. The fourth-order valence-electron chi connectivity index (χ4n) is 1.16. The Morgan fingerprint density at radius 2 is 2.41 bits per heavy atom. The van der Waals surface area contributed by atoms with Crippen LogP contribution in [0.15, 0.2) is 10.7 Å². The summed E-state index contributed by atoms with van der Waals surface area (Å²) in [5.74, 6) is -0.509. The van der Waals surface area contributed by atoms with Crippen LogP contribution in [0.3, 0.4) is 0 Å². The zero-order chi connectivity index (χ0) is 13.0. The maximum Gasteiger partial charge on any atom is 0.404 e. The Kier molecular flexibility index (Phi) is 4.62. The van der Waals surface area contributed by atoms with Gasteiger partial charge in [0.15, 0.2) is 0 Å². The zero-order valence-corrected chi connectivity index (χ0v) is 11.1. The highest BCUT2D eigenvalue weighted by molar-refractivity contribution is 9.10. The van der Waals surface area contributed by atoms with Crippen LogP contribution in [-0.4, -0.2) is 26.7 Å². The molecule has 0 fully saturated rings. The molecule has 0 aromatic carbocycles. The Hall–Kier alpha value is -1.44. The number of aromatic nitrogens is 2. The predicted octanol–water partition coefficient (Wildman–Crippen LogP) is 1.47. The third-order valence-corrected chi connectivity index (χ3v) is 2.76. The molecule has 0 radical (unpaired) electrons. The van der Waals surface area contributed by atoms with Crippen LogP contribution in [0.2, 0.25) is 0 Å². The lowest BCUT2D eigenvalue weighted by Gasteiger charge is -2.09. The number of hydrogen-bond donors (Lipinski definition) is 1. The Morgan fingerprint density at radius 3 is 2.88 bits per heavy atom. The van der Waals surface area contributed by atoms with Gasteiger partial charge in [0.1, 0.15) is 11.0 Å². The van der Waals surface area contributed by atoms with E-state index in [2.05, 4.69) is 26.3 Å². The van der Waals surface area contributed by atoms with Crippen molar-refractivity contribution in [3.63, 3.8) is 0 Å². The number of halogens is 1. The lowest BCUT2D eigenvalue weighted by atomic mass is 10.2. The van der Waals surface area contributed by atoms with Crippen LogP contribution in [0.5, 0.6) is 0 Å². The molecule has 17 heavy (non-hydrogen) atoms. The normalized spacial score (nSPS) is 12.2. The molecule has 1 atom stereocenters. The van der Waals surface area contributed by atoms with Gasteiger partial charge in [-0.25, -0.2) is 0 Å². The summed E-state index contributed by atoms with van der Waals surface area (Å²) in [7, 11) is 0. The molecule has 0 spiro atoms. The van der Waals surface area contributed by atoms with Gasteiger partial charge >= 0.3 is 5.82 Å². The Labute approximate surface area is 106 Å². The number of nitrogens with zero attached hydrogens (tertiary/aromatic N) is 3. The first-order chi connectivity index (χ1) is 7.93. The Balaban J connectivity index is 2.66. The standard InChI is InChI=1S/C9H13BrN4O3/c1-3-6(2)11-8(15)5-13-4-7(10)9(12-13)14(16)17/h4,6H,3,5H2,1-2H3,(H,11,15). The van der Waals surface area contributed by atoms with E-state index in [-0.39, 0.29) is 28.8 Å². The summed E-state index contributed by atoms with van der Waals surface area (Å²) in [5.41, 5.74) is 0. The molecule has 1 N–H and O–H groups in total. The molecule has 94 valence electrons. The van der Waals surface area contributed by atoms with E-state index in [9.17, 15) is 14.9 Å². The second-order valence-electron chi connectivity index (χ2n) is 3.63. The first-order valence-electron chi connectivity index (χ1n) is 5.10. The molecule has 1 unspecified atom stereocenters. The summed E-state index contributed by atoms with van der Waals surface area (Å²) in [6, 6.07) is 0.0801. The summed E-state index contributed by atoms with van der Waals surface area (Å²) in [4.78, 5) is 21.5. The Morgan fingerprint density at radius 1 is 1.76 bits per heavy atom. The molecule has 0 bridgehead atoms. The first-order valence-corrected chi connectivity index (χ1v) is 5.90. The van der Waals surface area contributed by atoms with Crippen molar-refractivity contribution in [1.29, 1.82) is 0 Å². The SMILES string of the molecule is CCC(C)NC(=O)Cn1cc(Br)c([N+](=O)[O-])n1. The van der Waals surface area contributed by atoms with Crippen LogP contribution in [0.1, 0.15) is 20.3 Å². The number of hydrogen-bond acceptors (Lipinski definition) is 4. The topological polar surface area (TPSA) is 90.1 Å². The minimum Gasteiger partial charge on any atom is -0.358 e. The van der Waals surface area contributed by atoms with Crippen molar-refractivity contribution in [2.75, 3.05) is 0 Å². The molecule has 1 heterocycles. The van der Waals surface area contributed by atoms with E-state index in [4.69, 9.17) is 0 Å². The molecular formula is C9H13BrN4O3. The molecule has 1 rings (SSSR count). The summed E-state index contributed by atoms with van der Waals surface area (Å²) in [6.45, 7) is 3.82. The first kappa shape index (κ1) is 13.6. The van der Waals surface area contributed by atoms with Gasteiger partial charge in [-0.15, -0.1) is 0 Å². The maximum absolute atomic E-state index is 11.5. The highest BCUT2D eigenvalue weighted by Crippen LogP contribution is 2.21. The van der Waals surface area contributed by atoms with Crippen LogP contribution in [0.25, 0.3) is 0 Å². The van der Waals surface area contributed by atoms with Gasteiger partial charge < -0.3 is 15.4 Å². The molecule has 0 aliphatic rings. The van der Waals surface area contributed by atoms with Crippen molar-refractivity contribution in [3.05, 3.63) is 20.8 Å². The van der Waals surface area contributed by atoms with E-state index < -0.39 is 4.92 Å². The third kappa shape index (κ3) is 3.81. The van der Waals surface area contributed by atoms with Crippen molar-refractivity contribution in [3.8, 4) is 0 Å². The van der Waals surface area contributed by atoms with E-state index in [0.29, 0.717) is 0 Å². The van der Waals surface area contributed by atoms with Gasteiger partial charge in [-0.2, -0.15) is 4.68 Å². The van der Waals surface area contributed by atoms with E-state index in [1.54, 1.807) is 0 Å². The van der Waals surface area contributed by atoms with Gasteiger partial charge in [0.25, 0.3) is 0 Å². The lowest BCUT2D eigenvalue weighted by molar-refractivity contribution is -0.390. The summed E-state index contributed by atoms with van der Waals surface area (Å²) >= 11 is 3.02. The number of nitrogens with one attached hydrogen (secondary N) is 1. The largest absolute Gasteiger partial charge is 0.404 e. The van der Waals surface area contributed by atoms with Crippen molar-refractivity contribution in [2.24, 2.45) is 0 Å². The van der Waals surface area contributed by atoms with Gasteiger partial charge in [-0.3, -0.25) is 4.79 Å². The van der Waals surface area contributed by atoms with Crippen LogP contribution in [0.4, 0.5) is 5.82 Å². The molecule has 0 saturated heterocycles. The number of carbonyl (C=O) groups is 1. The lowest BCUT2D eigenvalue weighted by Crippen LogP contribution is -2.34. The monoisotopic (exact) mass is 304 g/mol. The molecule has 1 aromatic heterocycles. The number of carbonyl (C=O) groups excluding carboxylic acids is 1. The fraction of sp³-hybridized carbons (Fsp3) is 0.556. The number of amides is 1.